The molecule has 18 heavy (non-hydrogen) atoms. The topological polar surface area (TPSA) is 12.9 Å². The molecule has 1 heterocycles. The first-order valence-corrected chi connectivity index (χ1v) is 5.87. The highest BCUT2D eigenvalue weighted by Crippen LogP contribution is 2.39. The van der Waals surface area contributed by atoms with Crippen LogP contribution in [0.25, 0.3) is 21.9 Å². The molecular weight excluding hydrogens is 286 g/mol. The molecule has 4 rings (SSSR count). The Labute approximate surface area is 116 Å². The molecule has 1 aliphatic rings. The monoisotopic (exact) mass is 297 g/mol. The zero-order valence-electron chi connectivity index (χ0n) is 9.76. The van der Waals surface area contributed by atoms with Crippen molar-refractivity contribution in [3.63, 3.8) is 0 Å². The van der Waals surface area contributed by atoms with Crippen molar-refractivity contribution in [2.24, 2.45) is 0 Å². The zero-order valence-corrected chi connectivity index (χ0v) is 11.5. The number of fused-ring (bicyclic) bond motifs is 5. The van der Waals surface area contributed by atoms with Gasteiger partial charge in [0.2, 0.25) is 0 Å². The van der Waals surface area contributed by atoms with Gasteiger partial charge in [-0.25, -0.2) is 0 Å². The summed E-state index contributed by atoms with van der Waals surface area (Å²) in [4.78, 5) is 4.25. The lowest BCUT2D eigenvalue weighted by Crippen LogP contribution is -1.84. The van der Waals surface area contributed by atoms with Crippen LogP contribution in [0.15, 0.2) is 54.9 Å². The van der Waals surface area contributed by atoms with E-state index >= 15 is 0 Å². The molecule has 0 atom stereocenters. The first-order valence-electron chi connectivity index (χ1n) is 5.87. The van der Waals surface area contributed by atoms with Gasteiger partial charge in [0, 0.05) is 17.8 Å². The summed E-state index contributed by atoms with van der Waals surface area (Å²) in [5.74, 6) is 0. The summed E-state index contributed by atoms with van der Waals surface area (Å²) in [7, 11) is 0. The quantitative estimate of drug-likeness (QED) is 0.469. The van der Waals surface area contributed by atoms with E-state index in [2.05, 4.69) is 47.4 Å². The lowest BCUT2D eigenvalue weighted by molar-refractivity contribution is 1.27. The summed E-state index contributed by atoms with van der Waals surface area (Å²) in [6.45, 7) is 0. The maximum absolute atomic E-state index is 4.25. The Hall–Kier alpha value is -1.67. The van der Waals surface area contributed by atoms with Crippen molar-refractivity contribution in [1.29, 1.82) is 0 Å². The zero-order chi connectivity index (χ0) is 11.2. The van der Waals surface area contributed by atoms with Crippen LogP contribution in [0.2, 0.25) is 0 Å². The molecule has 1 aliphatic carbocycles. The predicted molar refractivity (Wildman–Crippen MR) is 80.3 cm³/mol. The molecule has 0 bridgehead atoms. The van der Waals surface area contributed by atoms with Crippen molar-refractivity contribution < 1.29 is 0 Å². The predicted octanol–water partition coefficient (Wildman–Crippen LogP) is 4.38. The number of benzene rings is 2. The Balaban J connectivity index is 0.000001000. The fourth-order valence-electron chi connectivity index (χ4n) is 2.79. The van der Waals surface area contributed by atoms with Crippen LogP contribution in [0.1, 0.15) is 11.1 Å². The Kier molecular flexibility index (Phi) is 2.67. The molecule has 0 fully saturated rings. The van der Waals surface area contributed by atoms with Crippen molar-refractivity contribution in [1.82, 2.24) is 4.98 Å². The van der Waals surface area contributed by atoms with Gasteiger partial charge in [0.05, 0.1) is 0 Å². The van der Waals surface area contributed by atoms with Crippen LogP contribution < -0.4 is 0 Å². The fraction of sp³-hybridized carbons (Fsp3) is 0.0625. The van der Waals surface area contributed by atoms with E-state index in [4.69, 9.17) is 0 Å². The number of pyridine rings is 1. The second-order valence-corrected chi connectivity index (χ2v) is 4.52. The molecule has 0 aliphatic heterocycles. The van der Waals surface area contributed by atoms with Gasteiger partial charge in [0.25, 0.3) is 0 Å². The molecule has 0 N–H and O–H groups in total. The van der Waals surface area contributed by atoms with E-state index in [9.17, 15) is 0 Å². The SMILES string of the molecule is Br.c1ccc2c(c1)Cc1c-2ccc2ccncc12. The van der Waals surface area contributed by atoms with Crippen LogP contribution in [0, 0.1) is 0 Å². The highest BCUT2D eigenvalue weighted by Gasteiger charge is 2.19. The van der Waals surface area contributed by atoms with Crippen LogP contribution >= 0.6 is 17.0 Å². The van der Waals surface area contributed by atoms with Gasteiger partial charge in [-0.05, 0) is 40.1 Å². The lowest BCUT2D eigenvalue weighted by atomic mass is 10.0. The molecule has 2 heteroatoms. The highest BCUT2D eigenvalue weighted by atomic mass is 79.9. The van der Waals surface area contributed by atoms with Crippen LogP contribution in [-0.4, -0.2) is 4.98 Å². The normalized spacial score (nSPS) is 11.8. The maximum Gasteiger partial charge on any atom is 0.0349 e. The van der Waals surface area contributed by atoms with E-state index in [0.717, 1.165) is 6.42 Å². The number of halogens is 1. The average molecular weight is 298 g/mol. The van der Waals surface area contributed by atoms with E-state index in [0.29, 0.717) is 0 Å². The van der Waals surface area contributed by atoms with Crippen molar-refractivity contribution >= 4 is 27.8 Å². The Morgan fingerprint density at radius 3 is 2.72 bits per heavy atom. The van der Waals surface area contributed by atoms with Gasteiger partial charge in [-0.3, -0.25) is 4.98 Å². The average Bonchev–Trinajstić information content (AvgIpc) is 2.78. The standard InChI is InChI=1S/C16H11N.BrH/c1-2-4-13-12(3-1)9-15-14(13)6-5-11-7-8-17-10-16(11)15;/h1-8,10H,9H2;1H. The van der Waals surface area contributed by atoms with E-state index in [1.54, 1.807) is 0 Å². The number of hydrogen-bond acceptors (Lipinski definition) is 1. The van der Waals surface area contributed by atoms with Gasteiger partial charge >= 0.3 is 0 Å². The highest BCUT2D eigenvalue weighted by molar-refractivity contribution is 8.93. The minimum Gasteiger partial charge on any atom is -0.264 e. The summed E-state index contributed by atoms with van der Waals surface area (Å²) in [6.07, 6.45) is 4.88. The summed E-state index contributed by atoms with van der Waals surface area (Å²) in [5.41, 5.74) is 5.62. The second-order valence-electron chi connectivity index (χ2n) is 4.52. The van der Waals surface area contributed by atoms with Crippen molar-refractivity contribution in [3.8, 4) is 11.1 Å². The van der Waals surface area contributed by atoms with Crippen molar-refractivity contribution in [2.45, 2.75) is 6.42 Å². The fourth-order valence-corrected chi connectivity index (χ4v) is 2.79. The molecule has 0 radical (unpaired) electrons. The van der Waals surface area contributed by atoms with E-state index in [1.807, 2.05) is 12.4 Å². The Bertz CT molecular complexity index is 734. The molecular formula is C16H12BrN. The summed E-state index contributed by atoms with van der Waals surface area (Å²) < 4.78 is 0. The third-order valence-electron chi connectivity index (χ3n) is 3.61. The molecule has 3 aromatic rings. The number of aromatic nitrogens is 1. The van der Waals surface area contributed by atoms with E-state index < -0.39 is 0 Å². The Morgan fingerprint density at radius 2 is 1.78 bits per heavy atom. The van der Waals surface area contributed by atoms with Crippen LogP contribution in [-0.2, 0) is 6.42 Å². The maximum atomic E-state index is 4.25. The molecule has 1 aromatic heterocycles. The second kappa shape index (κ2) is 4.21. The van der Waals surface area contributed by atoms with Gasteiger partial charge < -0.3 is 0 Å². The smallest absolute Gasteiger partial charge is 0.0349 e. The van der Waals surface area contributed by atoms with E-state index in [-0.39, 0.29) is 17.0 Å². The minimum absolute atomic E-state index is 0. The lowest BCUT2D eigenvalue weighted by Gasteiger charge is -2.04. The third-order valence-corrected chi connectivity index (χ3v) is 3.61. The molecule has 0 saturated carbocycles. The van der Waals surface area contributed by atoms with E-state index in [1.165, 1.54) is 33.0 Å². The summed E-state index contributed by atoms with van der Waals surface area (Å²) in [6, 6.07) is 15.2. The molecule has 0 saturated heterocycles. The van der Waals surface area contributed by atoms with Crippen molar-refractivity contribution in [2.75, 3.05) is 0 Å². The molecule has 0 spiro atoms. The number of nitrogens with zero attached hydrogens (tertiary/aromatic N) is 1. The number of hydrogen-bond donors (Lipinski definition) is 0. The summed E-state index contributed by atoms with van der Waals surface area (Å²) in [5, 5.41) is 2.58. The van der Waals surface area contributed by atoms with Gasteiger partial charge in [-0.15, -0.1) is 17.0 Å². The van der Waals surface area contributed by atoms with Gasteiger partial charge in [0.1, 0.15) is 0 Å². The molecule has 2 aromatic carbocycles. The minimum atomic E-state index is 0. The summed E-state index contributed by atoms with van der Waals surface area (Å²) >= 11 is 0. The molecule has 1 nitrogen and oxygen atoms in total. The van der Waals surface area contributed by atoms with Gasteiger partial charge in [0.15, 0.2) is 0 Å². The van der Waals surface area contributed by atoms with Crippen LogP contribution in [0.5, 0.6) is 0 Å². The van der Waals surface area contributed by atoms with Crippen molar-refractivity contribution in [3.05, 3.63) is 66.0 Å². The first kappa shape index (κ1) is 11.4. The largest absolute Gasteiger partial charge is 0.264 e. The Morgan fingerprint density at radius 1 is 0.889 bits per heavy atom. The molecule has 0 unspecified atom stereocenters. The van der Waals surface area contributed by atoms with Crippen LogP contribution in [0.4, 0.5) is 0 Å². The van der Waals surface area contributed by atoms with Gasteiger partial charge in [-0.1, -0.05) is 36.4 Å². The van der Waals surface area contributed by atoms with Crippen LogP contribution in [0.3, 0.4) is 0 Å². The first-order chi connectivity index (χ1) is 8.43. The number of rotatable bonds is 0. The third kappa shape index (κ3) is 1.49. The molecule has 0 amide bonds. The van der Waals surface area contributed by atoms with Gasteiger partial charge in [-0.2, -0.15) is 0 Å². The molecule has 88 valence electrons.